The third kappa shape index (κ3) is 3.13. The minimum absolute atomic E-state index is 0.0914. The Kier molecular flexibility index (Phi) is 4.37. The maximum atomic E-state index is 12.9. The molecule has 2 N–H and O–H groups in total. The van der Waals surface area contributed by atoms with Crippen LogP contribution in [0.15, 0.2) is 42.6 Å². The zero-order valence-corrected chi connectivity index (χ0v) is 15.8. The molecule has 1 aliphatic carbocycles. The summed E-state index contributed by atoms with van der Waals surface area (Å²) in [6.07, 6.45) is 2.83. The molecule has 0 aliphatic heterocycles. The normalized spacial score (nSPS) is 15.0. The van der Waals surface area contributed by atoms with Crippen LogP contribution in [0.3, 0.4) is 0 Å². The Balaban J connectivity index is 1.76. The van der Waals surface area contributed by atoms with E-state index in [1.54, 1.807) is 16.9 Å². The number of nitrogens with one attached hydrogen (secondary N) is 1. The topological polar surface area (TPSA) is 97.1 Å². The van der Waals surface area contributed by atoms with Crippen molar-refractivity contribution in [3.05, 3.63) is 48.2 Å². The van der Waals surface area contributed by atoms with Crippen LogP contribution in [0.5, 0.6) is 0 Å². The first-order valence-electron chi connectivity index (χ1n) is 9.36. The SMILES string of the molecule is CC(C)n1ncc2c(C(=O)NCC3(C(=O)O)CC3)cc(-c3ccccc3)nc21. The van der Waals surface area contributed by atoms with E-state index in [9.17, 15) is 14.7 Å². The summed E-state index contributed by atoms with van der Waals surface area (Å²) in [6, 6.07) is 11.5. The molecular weight excluding hydrogens is 356 g/mol. The highest BCUT2D eigenvalue weighted by atomic mass is 16.4. The van der Waals surface area contributed by atoms with Crippen molar-refractivity contribution in [1.82, 2.24) is 20.1 Å². The summed E-state index contributed by atoms with van der Waals surface area (Å²) in [7, 11) is 0. The first-order chi connectivity index (χ1) is 13.4. The molecule has 4 rings (SSSR count). The molecule has 7 heteroatoms. The van der Waals surface area contributed by atoms with E-state index in [0.29, 0.717) is 35.1 Å². The van der Waals surface area contributed by atoms with E-state index in [-0.39, 0.29) is 18.5 Å². The molecule has 1 saturated carbocycles. The van der Waals surface area contributed by atoms with Crippen LogP contribution >= 0.6 is 0 Å². The summed E-state index contributed by atoms with van der Waals surface area (Å²) < 4.78 is 1.79. The fourth-order valence-electron chi connectivity index (χ4n) is 3.30. The molecular formula is C21H22N4O3. The lowest BCUT2D eigenvalue weighted by Crippen LogP contribution is -2.34. The smallest absolute Gasteiger partial charge is 0.311 e. The number of aliphatic carboxylic acids is 1. The maximum absolute atomic E-state index is 12.9. The van der Waals surface area contributed by atoms with Crippen LogP contribution in [-0.2, 0) is 4.79 Å². The number of rotatable bonds is 6. The third-order valence-corrected chi connectivity index (χ3v) is 5.26. The zero-order chi connectivity index (χ0) is 19.9. The first-order valence-corrected chi connectivity index (χ1v) is 9.36. The van der Waals surface area contributed by atoms with Crippen LogP contribution in [0.2, 0.25) is 0 Å². The number of pyridine rings is 1. The summed E-state index contributed by atoms with van der Waals surface area (Å²) in [5, 5.41) is 17.2. The molecule has 2 heterocycles. The van der Waals surface area contributed by atoms with Gasteiger partial charge in [-0.3, -0.25) is 9.59 Å². The molecule has 3 aromatic rings. The molecule has 0 unspecified atom stereocenters. The average molecular weight is 378 g/mol. The van der Waals surface area contributed by atoms with E-state index in [2.05, 4.69) is 10.4 Å². The number of carboxylic acid groups (broad SMARTS) is 1. The van der Waals surface area contributed by atoms with Crippen LogP contribution in [-0.4, -0.2) is 38.3 Å². The predicted octanol–water partition coefficient (Wildman–Crippen LogP) is 3.27. The van der Waals surface area contributed by atoms with Gasteiger partial charge in [0.15, 0.2) is 5.65 Å². The minimum Gasteiger partial charge on any atom is -0.481 e. The molecule has 7 nitrogen and oxygen atoms in total. The molecule has 2 aromatic heterocycles. The molecule has 0 radical (unpaired) electrons. The number of amides is 1. The van der Waals surface area contributed by atoms with Crippen molar-refractivity contribution in [2.24, 2.45) is 5.41 Å². The number of carboxylic acids is 1. The van der Waals surface area contributed by atoms with Gasteiger partial charge < -0.3 is 10.4 Å². The van der Waals surface area contributed by atoms with Crippen LogP contribution in [0, 0.1) is 5.41 Å². The maximum Gasteiger partial charge on any atom is 0.311 e. The van der Waals surface area contributed by atoms with E-state index >= 15 is 0 Å². The van der Waals surface area contributed by atoms with Crippen LogP contribution in [0.25, 0.3) is 22.3 Å². The summed E-state index contributed by atoms with van der Waals surface area (Å²) in [5.41, 5.74) is 1.86. The number of fused-ring (bicyclic) bond motifs is 1. The molecule has 0 atom stereocenters. The van der Waals surface area contributed by atoms with Gasteiger partial charge in [0, 0.05) is 18.2 Å². The summed E-state index contributed by atoms with van der Waals surface area (Å²) in [4.78, 5) is 29.1. The lowest BCUT2D eigenvalue weighted by Gasteiger charge is -2.13. The van der Waals surface area contributed by atoms with Gasteiger partial charge >= 0.3 is 5.97 Å². The van der Waals surface area contributed by atoms with Crippen molar-refractivity contribution in [1.29, 1.82) is 0 Å². The van der Waals surface area contributed by atoms with Crippen molar-refractivity contribution in [2.45, 2.75) is 32.7 Å². The fraction of sp³-hybridized carbons (Fsp3) is 0.333. The highest BCUT2D eigenvalue weighted by Crippen LogP contribution is 2.45. The lowest BCUT2D eigenvalue weighted by molar-refractivity contribution is -0.143. The van der Waals surface area contributed by atoms with Crippen LogP contribution in [0.1, 0.15) is 43.1 Å². The van der Waals surface area contributed by atoms with Crippen molar-refractivity contribution >= 4 is 22.9 Å². The quantitative estimate of drug-likeness (QED) is 0.686. The number of carbonyl (C=O) groups is 2. The highest BCUT2D eigenvalue weighted by Gasteiger charge is 2.50. The van der Waals surface area contributed by atoms with E-state index in [0.717, 1.165) is 5.56 Å². The predicted molar refractivity (Wildman–Crippen MR) is 105 cm³/mol. The summed E-state index contributed by atoms with van der Waals surface area (Å²) in [6.45, 7) is 4.14. The lowest BCUT2D eigenvalue weighted by atomic mass is 10.1. The highest BCUT2D eigenvalue weighted by molar-refractivity contribution is 6.06. The Morgan fingerprint density at radius 2 is 1.96 bits per heavy atom. The van der Waals surface area contributed by atoms with Gasteiger partial charge in [-0.25, -0.2) is 9.67 Å². The van der Waals surface area contributed by atoms with Gasteiger partial charge in [0.2, 0.25) is 0 Å². The molecule has 28 heavy (non-hydrogen) atoms. The Morgan fingerprint density at radius 1 is 1.25 bits per heavy atom. The minimum atomic E-state index is -0.856. The second-order valence-electron chi connectivity index (χ2n) is 7.61. The van der Waals surface area contributed by atoms with Gasteiger partial charge in [0.25, 0.3) is 5.91 Å². The molecule has 0 spiro atoms. The van der Waals surface area contributed by atoms with E-state index in [1.165, 1.54) is 0 Å². The van der Waals surface area contributed by atoms with E-state index in [4.69, 9.17) is 4.98 Å². The third-order valence-electron chi connectivity index (χ3n) is 5.26. The average Bonchev–Trinajstić information content (AvgIpc) is 3.37. The van der Waals surface area contributed by atoms with Crippen molar-refractivity contribution in [2.75, 3.05) is 6.54 Å². The number of hydrogen-bond donors (Lipinski definition) is 2. The number of aromatic nitrogens is 3. The van der Waals surface area contributed by atoms with Gasteiger partial charge in [-0.1, -0.05) is 30.3 Å². The second kappa shape index (κ2) is 6.74. The first kappa shape index (κ1) is 18.2. The van der Waals surface area contributed by atoms with Crippen molar-refractivity contribution < 1.29 is 14.7 Å². The van der Waals surface area contributed by atoms with Crippen molar-refractivity contribution in [3.63, 3.8) is 0 Å². The Bertz CT molecular complexity index is 1050. The summed E-state index contributed by atoms with van der Waals surface area (Å²) >= 11 is 0. The number of nitrogens with zero attached hydrogens (tertiary/aromatic N) is 3. The molecule has 0 saturated heterocycles. The van der Waals surface area contributed by atoms with Gasteiger partial charge in [0.05, 0.1) is 28.3 Å². The van der Waals surface area contributed by atoms with Gasteiger partial charge in [-0.2, -0.15) is 5.10 Å². The van der Waals surface area contributed by atoms with Crippen molar-refractivity contribution in [3.8, 4) is 11.3 Å². The monoisotopic (exact) mass is 378 g/mol. The van der Waals surface area contributed by atoms with Gasteiger partial charge in [0.1, 0.15) is 0 Å². The fourth-order valence-corrected chi connectivity index (χ4v) is 3.30. The summed E-state index contributed by atoms with van der Waals surface area (Å²) in [5.74, 6) is -1.16. The van der Waals surface area contributed by atoms with E-state index in [1.807, 2.05) is 44.2 Å². The second-order valence-corrected chi connectivity index (χ2v) is 7.61. The number of hydrogen-bond acceptors (Lipinski definition) is 4. The van der Waals surface area contributed by atoms with E-state index < -0.39 is 11.4 Å². The van der Waals surface area contributed by atoms with Gasteiger partial charge in [-0.05, 0) is 32.8 Å². The Hall–Kier alpha value is -3.22. The number of benzene rings is 1. The molecule has 144 valence electrons. The molecule has 1 aliphatic rings. The number of carbonyl (C=O) groups excluding carboxylic acids is 1. The molecule has 0 bridgehead atoms. The standard InChI is InChI=1S/C21H22N4O3/c1-13(2)25-18-16(11-23-25)15(10-17(24-18)14-6-4-3-5-7-14)19(26)22-12-21(8-9-21)20(27)28/h3-7,10-11,13H,8-9,12H2,1-2H3,(H,22,26)(H,27,28). The Morgan fingerprint density at radius 3 is 2.57 bits per heavy atom. The molecule has 1 aromatic carbocycles. The van der Waals surface area contributed by atoms with Crippen LogP contribution in [0.4, 0.5) is 0 Å². The molecule has 1 fully saturated rings. The van der Waals surface area contributed by atoms with Gasteiger partial charge in [-0.15, -0.1) is 0 Å². The van der Waals surface area contributed by atoms with Crippen LogP contribution < -0.4 is 5.32 Å². The largest absolute Gasteiger partial charge is 0.481 e. The Labute approximate surface area is 162 Å². The zero-order valence-electron chi connectivity index (χ0n) is 15.8. The molecule has 1 amide bonds.